The minimum atomic E-state index is -1.92. The van der Waals surface area contributed by atoms with E-state index in [4.69, 9.17) is 13.9 Å². The van der Waals surface area contributed by atoms with Crippen LogP contribution in [0.4, 0.5) is 0 Å². The SMILES string of the molecule is C=C(OC(C)=O)[C@@H](C)[C@H](CCO[Si](C(C)C)(C(C)C)C(C)C)OC/C=C(/C)[C@H]1C[C@H]1C. The molecule has 0 aromatic carbocycles. The summed E-state index contributed by atoms with van der Waals surface area (Å²) < 4.78 is 18.3. The summed E-state index contributed by atoms with van der Waals surface area (Å²) in [5.74, 6) is 1.55. The normalized spacial score (nSPS) is 21.5. The molecule has 1 rings (SSSR count). The van der Waals surface area contributed by atoms with E-state index in [-0.39, 0.29) is 18.0 Å². The van der Waals surface area contributed by atoms with Crippen molar-refractivity contribution in [2.45, 2.75) is 105 Å². The van der Waals surface area contributed by atoms with Crippen molar-refractivity contribution in [1.82, 2.24) is 0 Å². The van der Waals surface area contributed by atoms with Crippen LogP contribution in [0.5, 0.6) is 0 Å². The van der Waals surface area contributed by atoms with E-state index in [1.54, 1.807) is 0 Å². The van der Waals surface area contributed by atoms with Crippen LogP contribution in [0, 0.1) is 17.8 Å². The van der Waals surface area contributed by atoms with Gasteiger partial charge >= 0.3 is 5.97 Å². The van der Waals surface area contributed by atoms with Crippen molar-refractivity contribution < 1.29 is 18.7 Å². The lowest BCUT2D eigenvalue weighted by Gasteiger charge is -2.42. The molecule has 0 unspecified atom stereocenters. The molecule has 0 aromatic rings. The fraction of sp³-hybridized carbons (Fsp3) is 0.808. The fourth-order valence-electron chi connectivity index (χ4n) is 5.23. The molecule has 1 fully saturated rings. The maximum Gasteiger partial charge on any atom is 0.307 e. The van der Waals surface area contributed by atoms with Gasteiger partial charge in [0.15, 0.2) is 8.32 Å². The Hall–Kier alpha value is -0.913. The van der Waals surface area contributed by atoms with Crippen molar-refractivity contribution in [2.24, 2.45) is 17.8 Å². The Morgan fingerprint density at radius 3 is 2.00 bits per heavy atom. The van der Waals surface area contributed by atoms with Crippen LogP contribution in [0.2, 0.25) is 16.6 Å². The first-order valence-corrected chi connectivity index (χ1v) is 14.3. The van der Waals surface area contributed by atoms with Crippen molar-refractivity contribution >= 4 is 14.3 Å². The van der Waals surface area contributed by atoms with Crippen LogP contribution in [0.3, 0.4) is 0 Å². The van der Waals surface area contributed by atoms with Gasteiger partial charge in [0.05, 0.1) is 12.7 Å². The highest BCUT2D eigenvalue weighted by Crippen LogP contribution is 2.43. The van der Waals surface area contributed by atoms with Gasteiger partial charge in [0.25, 0.3) is 0 Å². The standard InChI is InChI=1S/C26H48O4Si/c1-17(2)31(18(3)4,19(5)6)29-15-13-26(22(9)23(10)30-24(11)27)28-14-12-20(7)25-16-21(25)8/h12,17-19,21-22,25-26H,10,13-16H2,1-9,11H3/b20-12-/t21-,22-,25-,26+/m1/s1. The highest BCUT2D eigenvalue weighted by molar-refractivity contribution is 6.77. The molecule has 0 N–H and O–H groups in total. The van der Waals surface area contributed by atoms with Crippen LogP contribution in [-0.4, -0.2) is 33.6 Å². The van der Waals surface area contributed by atoms with Gasteiger partial charge in [-0.1, -0.05) is 73.6 Å². The molecule has 4 nitrogen and oxygen atoms in total. The van der Waals surface area contributed by atoms with E-state index in [9.17, 15) is 4.79 Å². The maximum atomic E-state index is 11.4. The zero-order valence-electron chi connectivity index (χ0n) is 21.8. The summed E-state index contributed by atoms with van der Waals surface area (Å²) in [7, 11) is -1.92. The van der Waals surface area contributed by atoms with Crippen LogP contribution in [0.15, 0.2) is 24.0 Å². The summed E-state index contributed by atoms with van der Waals surface area (Å²) in [6.45, 7) is 26.9. The highest BCUT2D eigenvalue weighted by Gasteiger charge is 2.45. The number of allylic oxidation sites excluding steroid dienone is 1. The second-order valence-corrected chi connectivity index (χ2v) is 15.9. The largest absolute Gasteiger partial charge is 0.432 e. The number of hydrogen-bond donors (Lipinski definition) is 0. The molecule has 4 atom stereocenters. The van der Waals surface area contributed by atoms with E-state index >= 15 is 0 Å². The lowest BCUT2D eigenvalue weighted by Crippen LogP contribution is -2.48. The van der Waals surface area contributed by atoms with Crippen LogP contribution < -0.4 is 0 Å². The summed E-state index contributed by atoms with van der Waals surface area (Å²) in [4.78, 5) is 11.4. The minimum absolute atomic E-state index is 0.0886. The van der Waals surface area contributed by atoms with Crippen LogP contribution in [0.1, 0.15) is 82.1 Å². The van der Waals surface area contributed by atoms with Gasteiger partial charge in [0.1, 0.15) is 5.76 Å². The zero-order valence-corrected chi connectivity index (χ0v) is 22.8. The second-order valence-electron chi connectivity index (χ2n) is 10.4. The summed E-state index contributed by atoms with van der Waals surface area (Å²) in [6.07, 6.45) is 4.14. The van der Waals surface area contributed by atoms with Crippen molar-refractivity contribution in [3.8, 4) is 0 Å². The third-order valence-corrected chi connectivity index (χ3v) is 13.3. The first-order chi connectivity index (χ1) is 14.3. The highest BCUT2D eigenvalue weighted by atomic mass is 28.4. The molecule has 0 amide bonds. The topological polar surface area (TPSA) is 44.8 Å². The number of hydrogen-bond acceptors (Lipinski definition) is 4. The molecular weight excluding hydrogens is 404 g/mol. The number of carbonyl (C=O) groups is 1. The molecule has 0 bridgehead atoms. The predicted octanol–water partition coefficient (Wildman–Crippen LogP) is 7.27. The average molecular weight is 453 g/mol. The van der Waals surface area contributed by atoms with E-state index in [0.29, 0.717) is 41.5 Å². The third kappa shape index (κ3) is 7.87. The van der Waals surface area contributed by atoms with Crippen LogP contribution >= 0.6 is 0 Å². The molecule has 5 heteroatoms. The molecular formula is C26H48O4Si. The van der Waals surface area contributed by atoms with E-state index in [2.05, 4.69) is 68.0 Å². The van der Waals surface area contributed by atoms with Gasteiger partial charge < -0.3 is 13.9 Å². The molecule has 31 heavy (non-hydrogen) atoms. The van der Waals surface area contributed by atoms with Gasteiger partial charge in [-0.25, -0.2) is 0 Å². The molecule has 1 saturated carbocycles. The molecule has 0 heterocycles. The molecule has 0 saturated heterocycles. The summed E-state index contributed by atoms with van der Waals surface area (Å²) in [5.41, 5.74) is 3.06. The summed E-state index contributed by atoms with van der Waals surface area (Å²) >= 11 is 0. The third-order valence-electron chi connectivity index (χ3n) is 7.21. The van der Waals surface area contributed by atoms with Crippen LogP contribution in [0.25, 0.3) is 0 Å². The van der Waals surface area contributed by atoms with Crippen LogP contribution in [-0.2, 0) is 18.7 Å². The first-order valence-electron chi connectivity index (χ1n) is 12.1. The molecule has 0 radical (unpaired) electrons. The van der Waals surface area contributed by atoms with Crippen molar-refractivity contribution in [1.29, 1.82) is 0 Å². The molecule has 180 valence electrons. The second kappa shape index (κ2) is 12.4. The smallest absolute Gasteiger partial charge is 0.307 e. The quantitative estimate of drug-likeness (QED) is 0.120. The van der Waals surface area contributed by atoms with Gasteiger partial charge in [-0.3, -0.25) is 4.79 Å². The Bertz CT molecular complexity index is 601. The number of esters is 1. The Morgan fingerprint density at radius 2 is 1.58 bits per heavy atom. The number of carbonyl (C=O) groups excluding carboxylic acids is 1. The van der Waals surface area contributed by atoms with Gasteiger partial charge in [-0.2, -0.15) is 0 Å². The number of rotatable bonds is 14. The number of ether oxygens (including phenoxy) is 2. The van der Waals surface area contributed by atoms with E-state index in [1.165, 1.54) is 18.9 Å². The molecule has 1 aliphatic carbocycles. The maximum absolute atomic E-state index is 11.4. The monoisotopic (exact) mass is 452 g/mol. The van der Waals surface area contributed by atoms with E-state index in [1.807, 2.05) is 6.92 Å². The lowest BCUT2D eigenvalue weighted by molar-refractivity contribution is -0.138. The zero-order chi connectivity index (χ0) is 23.9. The lowest BCUT2D eigenvalue weighted by atomic mass is 10.0. The van der Waals surface area contributed by atoms with Gasteiger partial charge in [0, 0.05) is 19.4 Å². The molecule has 0 spiro atoms. The van der Waals surface area contributed by atoms with Gasteiger partial charge in [-0.05, 0) is 48.2 Å². The first kappa shape index (κ1) is 28.1. The van der Waals surface area contributed by atoms with Gasteiger partial charge in [0.2, 0.25) is 0 Å². The average Bonchev–Trinajstić information content (AvgIpc) is 3.38. The van der Waals surface area contributed by atoms with Gasteiger partial charge in [-0.15, -0.1) is 0 Å². The molecule has 1 aliphatic rings. The minimum Gasteiger partial charge on any atom is -0.432 e. The Kier molecular flexibility index (Phi) is 11.2. The Balaban J connectivity index is 2.84. The fourth-order valence-corrected chi connectivity index (χ4v) is 10.7. The Morgan fingerprint density at radius 1 is 1.06 bits per heavy atom. The molecule has 0 aliphatic heterocycles. The van der Waals surface area contributed by atoms with Crippen molar-refractivity contribution in [2.75, 3.05) is 13.2 Å². The predicted molar refractivity (Wildman–Crippen MR) is 132 cm³/mol. The van der Waals surface area contributed by atoms with Crippen molar-refractivity contribution in [3.05, 3.63) is 24.0 Å². The van der Waals surface area contributed by atoms with E-state index in [0.717, 1.165) is 12.3 Å². The summed E-state index contributed by atoms with van der Waals surface area (Å²) in [6, 6.07) is 0. The Labute approximate surface area is 192 Å². The molecule has 0 aromatic heterocycles. The summed E-state index contributed by atoms with van der Waals surface area (Å²) in [5, 5.41) is 0. The van der Waals surface area contributed by atoms with Crippen molar-refractivity contribution in [3.63, 3.8) is 0 Å². The van der Waals surface area contributed by atoms with E-state index < -0.39 is 8.32 Å².